The number of para-hydroxylation sites is 1. The normalized spacial score (nSPS) is 16.5. The molecule has 1 aliphatic heterocycles. The van der Waals surface area contributed by atoms with Crippen LogP contribution in [0, 0.1) is 5.92 Å². The average molecular weight is 349 g/mol. The Hall–Kier alpha value is -1.79. The lowest BCUT2D eigenvalue weighted by Gasteiger charge is -2.35. The predicted molar refractivity (Wildman–Crippen MR) is 98.9 cm³/mol. The number of urea groups is 1. The molecular weight excluding hydrogens is 318 g/mol. The summed E-state index contributed by atoms with van der Waals surface area (Å²) in [5, 5.41) is 5.93. The maximum absolute atomic E-state index is 12.2. The van der Waals surface area contributed by atoms with Gasteiger partial charge < -0.3 is 20.1 Å². The number of nitrogens with one attached hydrogen (secondary N) is 2. The fraction of sp³-hybridized carbons (Fsp3) is 0.632. The molecule has 0 saturated carbocycles. The molecular formula is C19H31N3O3. The molecule has 1 saturated heterocycles. The van der Waals surface area contributed by atoms with Crippen molar-refractivity contribution in [3.63, 3.8) is 0 Å². The van der Waals surface area contributed by atoms with E-state index in [0.717, 1.165) is 44.0 Å². The van der Waals surface area contributed by atoms with Crippen molar-refractivity contribution in [1.29, 1.82) is 0 Å². The lowest BCUT2D eigenvalue weighted by molar-refractivity contribution is 0.0129. The standard InChI is InChI=1S/C19H31N3O3/c1-15(2)12-17(22-8-10-25-11-9-22)14-21-19(23)20-13-16-6-4-5-7-18(16)24-3/h4-7,15,17H,8-14H2,1-3H3,(H2,20,21,23). The van der Waals surface area contributed by atoms with Crippen molar-refractivity contribution in [2.24, 2.45) is 5.92 Å². The third kappa shape index (κ3) is 6.55. The number of amides is 2. The zero-order valence-corrected chi connectivity index (χ0v) is 15.6. The first-order valence-electron chi connectivity index (χ1n) is 9.05. The molecule has 1 fully saturated rings. The molecule has 6 nitrogen and oxygen atoms in total. The molecule has 0 bridgehead atoms. The minimum Gasteiger partial charge on any atom is -0.496 e. The van der Waals surface area contributed by atoms with E-state index in [1.165, 1.54) is 0 Å². The Morgan fingerprint density at radius 2 is 1.96 bits per heavy atom. The van der Waals surface area contributed by atoms with E-state index >= 15 is 0 Å². The van der Waals surface area contributed by atoms with Crippen molar-refractivity contribution in [2.75, 3.05) is 40.0 Å². The van der Waals surface area contributed by atoms with Crippen LogP contribution in [0.3, 0.4) is 0 Å². The van der Waals surface area contributed by atoms with E-state index in [4.69, 9.17) is 9.47 Å². The molecule has 25 heavy (non-hydrogen) atoms. The number of nitrogens with zero attached hydrogens (tertiary/aromatic N) is 1. The Balaban J connectivity index is 1.81. The van der Waals surface area contributed by atoms with Crippen LogP contribution in [0.5, 0.6) is 5.75 Å². The number of hydrogen-bond donors (Lipinski definition) is 2. The summed E-state index contributed by atoms with van der Waals surface area (Å²) in [4.78, 5) is 14.6. The summed E-state index contributed by atoms with van der Waals surface area (Å²) in [6, 6.07) is 7.91. The van der Waals surface area contributed by atoms with Crippen molar-refractivity contribution in [3.05, 3.63) is 29.8 Å². The molecule has 1 atom stereocenters. The first-order valence-corrected chi connectivity index (χ1v) is 9.05. The Morgan fingerprint density at radius 3 is 2.64 bits per heavy atom. The van der Waals surface area contributed by atoms with Crippen LogP contribution in [0.1, 0.15) is 25.8 Å². The van der Waals surface area contributed by atoms with Crippen molar-refractivity contribution >= 4 is 6.03 Å². The van der Waals surface area contributed by atoms with Gasteiger partial charge in [-0.25, -0.2) is 4.79 Å². The molecule has 1 aromatic rings. The van der Waals surface area contributed by atoms with Gasteiger partial charge in [0.05, 0.1) is 20.3 Å². The second-order valence-corrected chi connectivity index (χ2v) is 6.81. The average Bonchev–Trinajstić information content (AvgIpc) is 2.64. The minimum absolute atomic E-state index is 0.145. The lowest BCUT2D eigenvalue weighted by Crippen LogP contribution is -2.50. The number of hydrogen-bond acceptors (Lipinski definition) is 4. The fourth-order valence-corrected chi connectivity index (χ4v) is 3.15. The van der Waals surface area contributed by atoms with Crippen LogP contribution in [0.25, 0.3) is 0 Å². The maximum atomic E-state index is 12.2. The van der Waals surface area contributed by atoms with Gasteiger partial charge in [-0.2, -0.15) is 0 Å². The predicted octanol–water partition coefficient (Wildman–Crippen LogP) is 2.24. The first kappa shape index (κ1) is 19.5. The number of ether oxygens (including phenoxy) is 2. The first-order chi connectivity index (χ1) is 12.1. The largest absolute Gasteiger partial charge is 0.496 e. The van der Waals surface area contributed by atoms with Gasteiger partial charge in [-0.1, -0.05) is 32.0 Å². The van der Waals surface area contributed by atoms with Gasteiger partial charge in [-0.3, -0.25) is 4.90 Å². The summed E-state index contributed by atoms with van der Waals surface area (Å²) >= 11 is 0. The number of morpholine rings is 1. The van der Waals surface area contributed by atoms with E-state index in [-0.39, 0.29) is 6.03 Å². The number of rotatable bonds is 8. The van der Waals surface area contributed by atoms with Crippen LogP contribution in [-0.4, -0.2) is 56.9 Å². The monoisotopic (exact) mass is 349 g/mol. The van der Waals surface area contributed by atoms with Crippen LogP contribution in [0.4, 0.5) is 4.79 Å². The molecule has 1 aromatic carbocycles. The summed E-state index contributed by atoms with van der Waals surface area (Å²) in [6.45, 7) is 8.94. The molecule has 2 rings (SSSR count). The van der Waals surface area contributed by atoms with E-state index in [1.54, 1.807) is 7.11 Å². The number of carbonyl (C=O) groups excluding carboxylic acids is 1. The van der Waals surface area contributed by atoms with Gasteiger partial charge in [0, 0.05) is 37.8 Å². The van der Waals surface area contributed by atoms with Gasteiger partial charge in [-0.15, -0.1) is 0 Å². The molecule has 1 unspecified atom stereocenters. The quantitative estimate of drug-likeness (QED) is 0.756. The number of methoxy groups -OCH3 is 1. The zero-order valence-electron chi connectivity index (χ0n) is 15.6. The molecule has 2 N–H and O–H groups in total. The van der Waals surface area contributed by atoms with Gasteiger partial charge in [0.15, 0.2) is 0 Å². The van der Waals surface area contributed by atoms with E-state index in [2.05, 4.69) is 29.4 Å². The maximum Gasteiger partial charge on any atom is 0.315 e. The van der Waals surface area contributed by atoms with Crippen molar-refractivity contribution in [2.45, 2.75) is 32.9 Å². The third-order valence-corrected chi connectivity index (χ3v) is 4.44. The second kappa shape index (κ2) is 10.3. The van der Waals surface area contributed by atoms with Crippen LogP contribution in [-0.2, 0) is 11.3 Å². The highest BCUT2D eigenvalue weighted by atomic mass is 16.5. The van der Waals surface area contributed by atoms with Crippen LogP contribution in [0.15, 0.2) is 24.3 Å². The smallest absolute Gasteiger partial charge is 0.315 e. The highest BCUT2D eigenvalue weighted by molar-refractivity contribution is 5.73. The van der Waals surface area contributed by atoms with Gasteiger partial charge in [0.25, 0.3) is 0 Å². The molecule has 0 aromatic heterocycles. The highest BCUT2D eigenvalue weighted by Crippen LogP contribution is 2.16. The van der Waals surface area contributed by atoms with Crippen LogP contribution in [0.2, 0.25) is 0 Å². The van der Waals surface area contributed by atoms with Gasteiger partial charge in [0.2, 0.25) is 0 Å². The summed E-state index contributed by atoms with van der Waals surface area (Å²) in [5.74, 6) is 1.38. The van der Waals surface area contributed by atoms with Gasteiger partial charge >= 0.3 is 6.03 Å². The van der Waals surface area contributed by atoms with Crippen molar-refractivity contribution in [3.8, 4) is 5.75 Å². The Morgan fingerprint density at radius 1 is 1.24 bits per heavy atom. The molecule has 0 aliphatic carbocycles. The number of benzene rings is 1. The van der Waals surface area contributed by atoms with Gasteiger partial charge in [-0.05, 0) is 18.4 Å². The summed E-state index contributed by atoms with van der Waals surface area (Å²) in [6.07, 6.45) is 1.06. The zero-order chi connectivity index (χ0) is 18.1. The topological polar surface area (TPSA) is 62.8 Å². The van der Waals surface area contributed by atoms with Gasteiger partial charge in [0.1, 0.15) is 5.75 Å². The fourth-order valence-electron chi connectivity index (χ4n) is 3.15. The Bertz CT molecular complexity index is 530. The SMILES string of the molecule is COc1ccccc1CNC(=O)NCC(CC(C)C)N1CCOCC1. The molecule has 0 radical (unpaired) electrons. The molecule has 6 heteroatoms. The second-order valence-electron chi connectivity index (χ2n) is 6.81. The molecule has 140 valence electrons. The molecule has 1 heterocycles. The summed E-state index contributed by atoms with van der Waals surface area (Å²) in [7, 11) is 1.64. The lowest BCUT2D eigenvalue weighted by atomic mass is 10.0. The van der Waals surface area contributed by atoms with E-state index in [1.807, 2.05) is 24.3 Å². The number of carbonyl (C=O) groups is 1. The van der Waals surface area contributed by atoms with Crippen molar-refractivity contribution < 1.29 is 14.3 Å². The van der Waals surface area contributed by atoms with Crippen molar-refractivity contribution in [1.82, 2.24) is 15.5 Å². The molecule has 1 aliphatic rings. The molecule has 0 spiro atoms. The Labute approximate surface area is 150 Å². The summed E-state index contributed by atoms with van der Waals surface area (Å²) < 4.78 is 10.7. The third-order valence-electron chi connectivity index (χ3n) is 4.44. The van der Waals surface area contributed by atoms with Crippen LogP contribution < -0.4 is 15.4 Å². The Kier molecular flexibility index (Phi) is 8.01. The van der Waals surface area contributed by atoms with E-state index in [0.29, 0.717) is 25.0 Å². The van der Waals surface area contributed by atoms with Crippen LogP contribution >= 0.6 is 0 Å². The van der Waals surface area contributed by atoms with E-state index in [9.17, 15) is 4.79 Å². The van der Waals surface area contributed by atoms with E-state index < -0.39 is 0 Å². The molecule has 2 amide bonds. The minimum atomic E-state index is -0.145. The summed E-state index contributed by atoms with van der Waals surface area (Å²) in [5.41, 5.74) is 0.965. The highest BCUT2D eigenvalue weighted by Gasteiger charge is 2.22.